The molecule has 1 N–H and O–H groups in total. The van der Waals surface area contributed by atoms with E-state index in [1.54, 1.807) is 6.08 Å². The fraction of sp³-hybridized carbons (Fsp3) is 0.611. The van der Waals surface area contributed by atoms with Crippen LogP contribution in [0.4, 0.5) is 8.78 Å². The van der Waals surface area contributed by atoms with Crippen molar-refractivity contribution in [3.63, 3.8) is 0 Å². The molecule has 0 rings (SSSR count). The first-order valence-electron chi connectivity index (χ1n) is 8.08. The summed E-state index contributed by atoms with van der Waals surface area (Å²) in [6, 6.07) is 0. The van der Waals surface area contributed by atoms with Crippen molar-refractivity contribution in [2.45, 2.75) is 70.6 Å². The molecular weight excluding hydrogens is 286 g/mol. The van der Waals surface area contributed by atoms with E-state index in [0.717, 1.165) is 44.3 Å². The second-order valence-electron chi connectivity index (χ2n) is 5.32. The van der Waals surface area contributed by atoms with E-state index in [-0.39, 0.29) is 6.42 Å². The number of aliphatic carboxylic acids is 1. The summed E-state index contributed by atoms with van der Waals surface area (Å²) in [6.07, 6.45) is 15.4. The Labute approximate surface area is 132 Å². The molecule has 22 heavy (non-hydrogen) atoms. The van der Waals surface area contributed by atoms with Gasteiger partial charge < -0.3 is 5.11 Å². The Morgan fingerprint density at radius 3 is 2.27 bits per heavy atom. The number of allylic oxidation sites excluding steroid dienone is 6. The minimum Gasteiger partial charge on any atom is -0.481 e. The second-order valence-corrected chi connectivity index (χ2v) is 5.32. The highest BCUT2D eigenvalue weighted by Gasteiger charge is 2.19. The molecule has 4 heteroatoms. The fourth-order valence-electron chi connectivity index (χ4n) is 1.86. The summed E-state index contributed by atoms with van der Waals surface area (Å²) in [5.41, 5.74) is 0. The number of carboxylic acids is 1. The smallest absolute Gasteiger partial charge is 0.303 e. The predicted molar refractivity (Wildman–Crippen MR) is 87.2 cm³/mol. The van der Waals surface area contributed by atoms with Crippen LogP contribution >= 0.6 is 0 Å². The van der Waals surface area contributed by atoms with E-state index < -0.39 is 11.9 Å². The third-order valence-corrected chi connectivity index (χ3v) is 3.10. The molecule has 0 bridgehead atoms. The molecule has 0 aliphatic heterocycles. The van der Waals surface area contributed by atoms with Gasteiger partial charge in [0.25, 0.3) is 5.92 Å². The Bertz CT molecular complexity index is 371. The first-order valence-corrected chi connectivity index (χ1v) is 8.08. The zero-order valence-corrected chi connectivity index (χ0v) is 13.4. The second kappa shape index (κ2) is 13.2. The molecule has 0 spiro atoms. The molecule has 0 heterocycles. The van der Waals surface area contributed by atoms with Crippen LogP contribution in [0.3, 0.4) is 0 Å². The van der Waals surface area contributed by atoms with E-state index in [9.17, 15) is 13.6 Å². The molecule has 126 valence electrons. The predicted octanol–water partition coefficient (Wildman–Crippen LogP) is 5.91. The number of hydrogen-bond donors (Lipinski definition) is 1. The Morgan fingerprint density at radius 1 is 0.955 bits per heavy atom. The lowest BCUT2D eigenvalue weighted by Gasteiger charge is -2.04. The van der Waals surface area contributed by atoms with Gasteiger partial charge in [0.15, 0.2) is 0 Å². The molecule has 0 atom stereocenters. The number of unbranched alkanes of at least 4 members (excludes halogenated alkanes) is 5. The van der Waals surface area contributed by atoms with Crippen molar-refractivity contribution >= 4 is 5.97 Å². The van der Waals surface area contributed by atoms with Crippen LogP contribution in [0.2, 0.25) is 0 Å². The van der Waals surface area contributed by atoms with E-state index in [1.807, 2.05) is 12.2 Å². The molecule has 0 saturated heterocycles. The third-order valence-electron chi connectivity index (χ3n) is 3.10. The Hall–Kier alpha value is -1.45. The van der Waals surface area contributed by atoms with Crippen LogP contribution in [0.1, 0.15) is 64.7 Å². The highest BCUT2D eigenvalue weighted by molar-refractivity contribution is 5.66. The molecule has 0 saturated carbocycles. The normalized spacial score (nSPS) is 12.9. The van der Waals surface area contributed by atoms with Gasteiger partial charge in [0.2, 0.25) is 0 Å². The average Bonchev–Trinajstić information content (AvgIpc) is 2.45. The first-order chi connectivity index (χ1) is 10.5. The van der Waals surface area contributed by atoms with E-state index >= 15 is 0 Å². The highest BCUT2D eigenvalue weighted by Crippen LogP contribution is 2.18. The number of halogens is 2. The summed E-state index contributed by atoms with van der Waals surface area (Å²) < 4.78 is 26.9. The summed E-state index contributed by atoms with van der Waals surface area (Å²) in [7, 11) is 0. The monoisotopic (exact) mass is 314 g/mol. The lowest BCUT2D eigenvalue weighted by atomic mass is 10.1. The number of hydrogen-bond acceptors (Lipinski definition) is 1. The molecular formula is C18H28F2O2. The molecule has 0 aromatic rings. The van der Waals surface area contributed by atoms with Crippen LogP contribution < -0.4 is 0 Å². The summed E-state index contributed by atoms with van der Waals surface area (Å²) in [4.78, 5) is 10.3. The summed E-state index contributed by atoms with van der Waals surface area (Å²) in [6.45, 7) is 2.08. The van der Waals surface area contributed by atoms with Crippen molar-refractivity contribution in [3.8, 4) is 0 Å². The average molecular weight is 314 g/mol. The molecule has 0 aliphatic carbocycles. The van der Waals surface area contributed by atoms with Crippen molar-refractivity contribution in [3.05, 3.63) is 36.5 Å². The van der Waals surface area contributed by atoms with Gasteiger partial charge in [0, 0.05) is 6.42 Å². The Morgan fingerprint density at radius 2 is 1.59 bits per heavy atom. The van der Waals surface area contributed by atoms with Gasteiger partial charge >= 0.3 is 5.97 Å². The van der Waals surface area contributed by atoms with Crippen LogP contribution in [-0.2, 0) is 4.79 Å². The number of rotatable bonds is 13. The maximum Gasteiger partial charge on any atom is 0.303 e. The van der Waals surface area contributed by atoms with Gasteiger partial charge in [0.1, 0.15) is 0 Å². The van der Waals surface area contributed by atoms with Gasteiger partial charge in [-0.05, 0) is 50.7 Å². The van der Waals surface area contributed by atoms with Gasteiger partial charge in [-0.1, -0.05) is 44.1 Å². The number of carboxylic acid groups (broad SMARTS) is 1. The maximum absolute atomic E-state index is 13.4. The molecule has 0 unspecified atom stereocenters. The first kappa shape index (κ1) is 20.6. The zero-order valence-electron chi connectivity index (χ0n) is 13.4. The fourth-order valence-corrected chi connectivity index (χ4v) is 1.86. The van der Waals surface area contributed by atoms with Crippen LogP contribution in [-0.4, -0.2) is 17.0 Å². The van der Waals surface area contributed by atoms with Crippen LogP contribution in [0.15, 0.2) is 36.5 Å². The van der Waals surface area contributed by atoms with E-state index in [2.05, 4.69) is 6.92 Å². The molecule has 0 fully saturated rings. The largest absolute Gasteiger partial charge is 0.481 e. The lowest BCUT2D eigenvalue weighted by Crippen LogP contribution is -2.06. The summed E-state index contributed by atoms with van der Waals surface area (Å²) >= 11 is 0. The minimum absolute atomic E-state index is 0.185. The SMILES string of the molecule is CCCCCC=CC(F)(F)C=CCC=CCCCCC(=O)O. The minimum atomic E-state index is -2.87. The van der Waals surface area contributed by atoms with Crippen LogP contribution in [0.5, 0.6) is 0 Å². The van der Waals surface area contributed by atoms with E-state index in [4.69, 9.17) is 5.11 Å². The van der Waals surface area contributed by atoms with Gasteiger partial charge in [-0.15, -0.1) is 0 Å². The Balaban J connectivity index is 3.78. The van der Waals surface area contributed by atoms with Gasteiger partial charge in [-0.2, -0.15) is 8.78 Å². The van der Waals surface area contributed by atoms with Crippen molar-refractivity contribution in [1.29, 1.82) is 0 Å². The summed E-state index contributed by atoms with van der Waals surface area (Å²) in [5.74, 6) is -3.65. The van der Waals surface area contributed by atoms with Crippen molar-refractivity contribution in [1.82, 2.24) is 0 Å². The molecule has 0 aromatic heterocycles. The molecule has 0 amide bonds. The van der Waals surface area contributed by atoms with Gasteiger partial charge in [-0.25, -0.2) is 0 Å². The zero-order chi connectivity index (χ0) is 16.7. The number of carbonyl (C=O) groups is 1. The third kappa shape index (κ3) is 14.9. The quantitative estimate of drug-likeness (QED) is 0.339. The highest BCUT2D eigenvalue weighted by atomic mass is 19.3. The topological polar surface area (TPSA) is 37.3 Å². The molecule has 0 aliphatic rings. The maximum atomic E-state index is 13.4. The Kier molecular flexibility index (Phi) is 12.4. The van der Waals surface area contributed by atoms with Crippen molar-refractivity contribution in [2.75, 3.05) is 0 Å². The van der Waals surface area contributed by atoms with Crippen LogP contribution in [0.25, 0.3) is 0 Å². The molecule has 0 aromatic carbocycles. The summed E-state index contributed by atoms with van der Waals surface area (Å²) in [5, 5.41) is 8.46. The van der Waals surface area contributed by atoms with Crippen molar-refractivity contribution in [2.24, 2.45) is 0 Å². The van der Waals surface area contributed by atoms with Crippen molar-refractivity contribution < 1.29 is 18.7 Å². The van der Waals surface area contributed by atoms with E-state index in [0.29, 0.717) is 19.3 Å². The number of alkyl halides is 2. The lowest BCUT2D eigenvalue weighted by molar-refractivity contribution is -0.137. The van der Waals surface area contributed by atoms with E-state index in [1.165, 1.54) is 6.08 Å². The standard InChI is InChI=1S/C18H28F2O2/c1-2-3-4-9-12-15-18(19,20)16-13-10-7-5-6-8-11-14-17(21)22/h5,7,12-13,15-16H,2-4,6,8-11,14H2,1H3,(H,21,22). The van der Waals surface area contributed by atoms with Gasteiger partial charge in [0.05, 0.1) is 0 Å². The molecule has 2 nitrogen and oxygen atoms in total. The van der Waals surface area contributed by atoms with Gasteiger partial charge in [-0.3, -0.25) is 4.79 Å². The van der Waals surface area contributed by atoms with Crippen LogP contribution in [0, 0.1) is 0 Å². The molecule has 0 radical (unpaired) electrons.